The van der Waals surface area contributed by atoms with Crippen LogP contribution in [0.15, 0.2) is 60.0 Å². The van der Waals surface area contributed by atoms with Crippen molar-refractivity contribution in [2.24, 2.45) is 5.92 Å². The second-order valence-electron chi connectivity index (χ2n) is 9.11. The summed E-state index contributed by atoms with van der Waals surface area (Å²) >= 11 is 1.59. The fourth-order valence-electron chi connectivity index (χ4n) is 4.72. The van der Waals surface area contributed by atoms with Crippen molar-refractivity contribution in [3.05, 3.63) is 81.5 Å². The Labute approximate surface area is 210 Å². The molecule has 0 saturated carbocycles. The summed E-state index contributed by atoms with van der Waals surface area (Å²) < 4.78 is 10.7. The molecule has 0 spiro atoms. The van der Waals surface area contributed by atoms with Gasteiger partial charge in [-0.1, -0.05) is 44.2 Å². The summed E-state index contributed by atoms with van der Waals surface area (Å²) in [6.07, 6.45) is 0.652. The lowest BCUT2D eigenvalue weighted by atomic mass is 9.81. The Balaban J connectivity index is 1.60. The number of carbonyl (C=O) groups is 2. The van der Waals surface area contributed by atoms with Gasteiger partial charge in [-0.05, 0) is 53.1 Å². The number of benzene rings is 2. The van der Waals surface area contributed by atoms with Crippen molar-refractivity contribution in [2.45, 2.75) is 32.2 Å². The van der Waals surface area contributed by atoms with Crippen LogP contribution in [0, 0.1) is 5.92 Å². The number of nitrogens with one attached hydrogen (secondary N) is 1. The van der Waals surface area contributed by atoms with Crippen molar-refractivity contribution >= 4 is 23.2 Å². The summed E-state index contributed by atoms with van der Waals surface area (Å²) in [5, 5.41) is 5.14. The van der Waals surface area contributed by atoms with E-state index in [0.29, 0.717) is 36.6 Å². The van der Waals surface area contributed by atoms with Gasteiger partial charge >= 0.3 is 0 Å². The number of amides is 2. The Morgan fingerprint density at radius 1 is 1.06 bits per heavy atom. The van der Waals surface area contributed by atoms with Crippen LogP contribution in [0.4, 0.5) is 0 Å². The van der Waals surface area contributed by atoms with Crippen LogP contribution in [0.1, 0.15) is 52.2 Å². The average molecular weight is 493 g/mol. The van der Waals surface area contributed by atoms with Crippen LogP contribution in [0.25, 0.3) is 0 Å². The van der Waals surface area contributed by atoms with E-state index in [4.69, 9.17) is 9.47 Å². The molecule has 0 saturated heterocycles. The molecular formula is C28H32N2O4S. The summed E-state index contributed by atoms with van der Waals surface area (Å²) in [6.45, 7) is 5.25. The molecule has 7 heteroatoms. The third-order valence-electron chi connectivity index (χ3n) is 6.28. The van der Waals surface area contributed by atoms with Crippen molar-refractivity contribution in [1.29, 1.82) is 0 Å². The molecular weight excluding hydrogens is 460 g/mol. The minimum Gasteiger partial charge on any atom is -0.493 e. The zero-order chi connectivity index (χ0) is 24.9. The largest absolute Gasteiger partial charge is 0.493 e. The molecule has 2 amide bonds. The first-order valence-electron chi connectivity index (χ1n) is 11.9. The van der Waals surface area contributed by atoms with Crippen molar-refractivity contribution < 1.29 is 19.1 Å². The van der Waals surface area contributed by atoms with Crippen LogP contribution in [0.3, 0.4) is 0 Å². The predicted octanol–water partition coefficient (Wildman–Crippen LogP) is 5.06. The predicted molar refractivity (Wildman–Crippen MR) is 138 cm³/mol. The molecule has 0 aliphatic carbocycles. The highest BCUT2D eigenvalue weighted by Gasteiger charge is 2.44. The SMILES string of the molecule is COc1ccc(CCNC(=O)C2c3ccccc3C(=O)N(CC(C)C)C2c2cccs2)cc1OC. The van der Waals surface area contributed by atoms with Crippen molar-refractivity contribution in [2.75, 3.05) is 27.3 Å². The Morgan fingerprint density at radius 3 is 2.51 bits per heavy atom. The number of carbonyl (C=O) groups excluding carboxylic acids is 2. The van der Waals surface area contributed by atoms with E-state index >= 15 is 0 Å². The van der Waals surface area contributed by atoms with E-state index in [9.17, 15) is 9.59 Å². The van der Waals surface area contributed by atoms with Crippen molar-refractivity contribution in [3.8, 4) is 11.5 Å². The molecule has 3 aromatic rings. The number of thiophene rings is 1. The van der Waals surface area contributed by atoms with Gasteiger partial charge in [-0.25, -0.2) is 0 Å². The second-order valence-corrected chi connectivity index (χ2v) is 10.1. The maximum atomic E-state index is 13.7. The van der Waals surface area contributed by atoms with Gasteiger partial charge in [0.05, 0.1) is 26.2 Å². The molecule has 2 heterocycles. The van der Waals surface area contributed by atoms with E-state index in [1.165, 1.54) is 0 Å². The van der Waals surface area contributed by atoms with Gasteiger partial charge in [0, 0.05) is 23.5 Å². The van der Waals surface area contributed by atoms with E-state index in [1.807, 2.05) is 64.9 Å². The lowest BCUT2D eigenvalue weighted by molar-refractivity contribution is -0.124. The van der Waals surface area contributed by atoms with Gasteiger partial charge in [-0.3, -0.25) is 9.59 Å². The van der Waals surface area contributed by atoms with E-state index < -0.39 is 5.92 Å². The summed E-state index contributed by atoms with van der Waals surface area (Å²) in [7, 11) is 3.22. The summed E-state index contributed by atoms with van der Waals surface area (Å²) in [4.78, 5) is 30.2. The number of fused-ring (bicyclic) bond motifs is 1. The molecule has 0 radical (unpaired) electrons. The third-order valence-corrected chi connectivity index (χ3v) is 7.22. The fraction of sp³-hybridized carbons (Fsp3) is 0.357. The molecule has 6 nitrogen and oxygen atoms in total. The molecule has 4 rings (SSSR count). The van der Waals surface area contributed by atoms with Crippen LogP contribution in [0.2, 0.25) is 0 Å². The lowest BCUT2D eigenvalue weighted by Gasteiger charge is -2.42. The van der Waals surface area contributed by atoms with Crippen LogP contribution in [-0.4, -0.2) is 44.0 Å². The monoisotopic (exact) mass is 492 g/mol. The van der Waals surface area contributed by atoms with Gasteiger partial charge in [0.25, 0.3) is 5.91 Å². The zero-order valence-corrected chi connectivity index (χ0v) is 21.4. The van der Waals surface area contributed by atoms with Gasteiger partial charge in [0.2, 0.25) is 5.91 Å². The number of rotatable bonds is 9. The highest BCUT2D eigenvalue weighted by atomic mass is 32.1. The maximum absolute atomic E-state index is 13.7. The molecule has 1 N–H and O–H groups in total. The first-order chi connectivity index (χ1) is 16.9. The Bertz CT molecular complexity index is 1180. The topological polar surface area (TPSA) is 67.9 Å². The maximum Gasteiger partial charge on any atom is 0.254 e. The highest BCUT2D eigenvalue weighted by Crippen LogP contribution is 2.44. The van der Waals surface area contributed by atoms with E-state index in [-0.39, 0.29) is 23.8 Å². The molecule has 2 unspecified atom stereocenters. The molecule has 184 valence electrons. The first kappa shape index (κ1) is 24.8. The van der Waals surface area contributed by atoms with Gasteiger partial charge < -0.3 is 19.7 Å². The Kier molecular flexibility index (Phi) is 7.76. The van der Waals surface area contributed by atoms with Crippen LogP contribution in [-0.2, 0) is 11.2 Å². The number of methoxy groups -OCH3 is 2. The Hall–Kier alpha value is -3.32. The van der Waals surface area contributed by atoms with Gasteiger partial charge in [0.15, 0.2) is 11.5 Å². The molecule has 2 aromatic carbocycles. The normalized spacial score (nSPS) is 17.3. The molecule has 1 aliphatic heterocycles. The van der Waals surface area contributed by atoms with Crippen molar-refractivity contribution in [1.82, 2.24) is 10.2 Å². The van der Waals surface area contributed by atoms with Gasteiger partial charge in [-0.2, -0.15) is 0 Å². The second kappa shape index (κ2) is 11.0. The standard InChI is InChI=1S/C28H32N2O4S/c1-18(2)17-30-26(24-10-7-15-35-24)25(20-8-5-6-9-21(20)28(30)32)27(31)29-14-13-19-11-12-22(33-3)23(16-19)34-4/h5-12,15-16,18,25-26H,13-14,17H2,1-4H3,(H,29,31). The highest BCUT2D eigenvalue weighted by molar-refractivity contribution is 7.10. The first-order valence-corrected chi connectivity index (χ1v) is 12.7. The minimum atomic E-state index is -0.480. The number of nitrogens with zero attached hydrogens (tertiary/aromatic N) is 1. The molecule has 35 heavy (non-hydrogen) atoms. The number of hydrogen-bond acceptors (Lipinski definition) is 5. The smallest absolute Gasteiger partial charge is 0.254 e. The van der Waals surface area contributed by atoms with Gasteiger partial charge in [-0.15, -0.1) is 11.3 Å². The molecule has 1 aromatic heterocycles. The Morgan fingerprint density at radius 2 is 1.83 bits per heavy atom. The summed E-state index contributed by atoms with van der Waals surface area (Å²) in [5.41, 5.74) is 2.44. The van der Waals surface area contributed by atoms with E-state index in [2.05, 4.69) is 19.2 Å². The molecule has 0 fully saturated rings. The minimum absolute atomic E-state index is 0.0120. The van der Waals surface area contributed by atoms with Crippen molar-refractivity contribution in [3.63, 3.8) is 0 Å². The lowest BCUT2D eigenvalue weighted by Crippen LogP contribution is -2.48. The van der Waals surface area contributed by atoms with Gasteiger partial charge in [0.1, 0.15) is 0 Å². The zero-order valence-electron chi connectivity index (χ0n) is 20.6. The summed E-state index contributed by atoms with van der Waals surface area (Å²) in [6, 6.07) is 17.0. The fourth-order valence-corrected chi connectivity index (χ4v) is 5.60. The number of hydrogen-bond donors (Lipinski definition) is 1. The average Bonchev–Trinajstić information content (AvgIpc) is 3.39. The van der Waals surface area contributed by atoms with E-state index in [0.717, 1.165) is 16.0 Å². The van der Waals surface area contributed by atoms with E-state index in [1.54, 1.807) is 25.6 Å². The van der Waals surface area contributed by atoms with Crippen LogP contribution in [0.5, 0.6) is 11.5 Å². The summed E-state index contributed by atoms with van der Waals surface area (Å²) in [5.74, 6) is 1.05. The molecule has 0 bridgehead atoms. The molecule has 2 atom stereocenters. The van der Waals surface area contributed by atoms with Crippen LogP contribution >= 0.6 is 11.3 Å². The third kappa shape index (κ3) is 5.20. The molecule has 1 aliphatic rings. The quantitative estimate of drug-likeness (QED) is 0.453. The van der Waals surface area contributed by atoms with Crippen LogP contribution < -0.4 is 14.8 Å². The number of ether oxygens (including phenoxy) is 2.